The molecule has 0 atom stereocenters. The molecule has 1 heterocycles. The quantitative estimate of drug-likeness (QED) is 0.275. The molecule has 0 radical (unpaired) electrons. The van der Waals surface area contributed by atoms with Crippen LogP contribution in [0.2, 0.25) is 5.02 Å². The molecule has 0 aliphatic rings. The van der Waals surface area contributed by atoms with Crippen LogP contribution in [0.25, 0.3) is 10.9 Å². The summed E-state index contributed by atoms with van der Waals surface area (Å²) < 4.78 is 8.26. The molecule has 3 rings (SSSR count). The van der Waals surface area contributed by atoms with E-state index in [1.165, 1.54) is 4.68 Å². The molecule has 0 N–H and O–H groups in total. The summed E-state index contributed by atoms with van der Waals surface area (Å²) in [5, 5.41) is 5.32. The van der Waals surface area contributed by atoms with Crippen LogP contribution in [0.4, 0.5) is 0 Å². The number of aryl methyl sites for hydroxylation is 1. The summed E-state index contributed by atoms with van der Waals surface area (Å²) in [5.74, 6) is 3.48. The molecule has 3 aromatic rings. The second-order valence-corrected chi connectivity index (χ2v) is 8.64. The highest BCUT2D eigenvalue weighted by molar-refractivity contribution is 9.10. The molecule has 0 fully saturated rings. The second-order valence-electron chi connectivity index (χ2n) is 6.46. The minimum absolute atomic E-state index is 0.111. The minimum atomic E-state index is -0.220. The zero-order chi connectivity index (χ0) is 21.7. The Morgan fingerprint density at radius 3 is 2.83 bits per heavy atom. The summed E-state index contributed by atoms with van der Waals surface area (Å²) >= 11 is 13.1. The lowest BCUT2D eigenvalue weighted by Crippen LogP contribution is -2.22. The summed E-state index contributed by atoms with van der Waals surface area (Å²) in [6.07, 6.45) is 9.35. The molecule has 0 aliphatic carbocycles. The molecule has 8 heteroatoms. The van der Waals surface area contributed by atoms with Crippen LogP contribution in [0.15, 0.2) is 49.2 Å². The lowest BCUT2D eigenvalue weighted by Gasteiger charge is -2.10. The Morgan fingerprint density at radius 1 is 1.33 bits per heavy atom. The average Bonchev–Trinajstić information content (AvgIpc) is 2.71. The monoisotopic (exact) mass is 549 g/mol. The van der Waals surface area contributed by atoms with Gasteiger partial charge in [0.15, 0.2) is 5.75 Å². The van der Waals surface area contributed by atoms with Gasteiger partial charge in [-0.3, -0.25) is 4.79 Å². The number of nitrogens with zero attached hydrogens (tertiary/aromatic N) is 3. The van der Waals surface area contributed by atoms with E-state index in [-0.39, 0.29) is 12.2 Å². The van der Waals surface area contributed by atoms with Crippen LogP contribution in [0, 0.1) is 12.3 Å². The van der Waals surface area contributed by atoms with Gasteiger partial charge in [-0.05, 0) is 58.2 Å². The molecular weight excluding hydrogens is 534 g/mol. The van der Waals surface area contributed by atoms with Crippen molar-refractivity contribution in [3.63, 3.8) is 0 Å². The van der Waals surface area contributed by atoms with E-state index >= 15 is 0 Å². The predicted octanol–water partition coefficient (Wildman–Crippen LogP) is 5.81. The first-order chi connectivity index (χ1) is 14.4. The first-order valence-electron chi connectivity index (χ1n) is 9.25. The Hall–Kier alpha value is -2.14. The van der Waals surface area contributed by atoms with Crippen molar-refractivity contribution in [2.75, 3.05) is 6.61 Å². The fourth-order valence-corrected chi connectivity index (χ4v) is 4.19. The van der Waals surface area contributed by atoms with E-state index in [1.807, 2.05) is 12.1 Å². The molecule has 0 unspecified atom stereocenters. The maximum Gasteiger partial charge on any atom is 0.282 e. The van der Waals surface area contributed by atoms with Gasteiger partial charge in [0.2, 0.25) is 0 Å². The molecule has 0 spiro atoms. The molecule has 1 aromatic heterocycles. The van der Waals surface area contributed by atoms with E-state index in [2.05, 4.69) is 54.8 Å². The Morgan fingerprint density at radius 2 is 2.13 bits per heavy atom. The third-order valence-electron chi connectivity index (χ3n) is 4.27. The molecule has 0 amide bonds. The van der Waals surface area contributed by atoms with Gasteiger partial charge in [0.05, 0.1) is 26.6 Å². The van der Waals surface area contributed by atoms with Gasteiger partial charge < -0.3 is 4.74 Å². The number of rotatable bonds is 7. The van der Waals surface area contributed by atoms with Crippen LogP contribution in [0.3, 0.4) is 0 Å². The summed E-state index contributed by atoms with van der Waals surface area (Å²) in [6.45, 7) is 2.20. The maximum atomic E-state index is 13.1. The number of ether oxygens (including phenoxy) is 1. The molecular formula is C22H18Br2ClN3O2. The van der Waals surface area contributed by atoms with E-state index in [9.17, 15) is 4.79 Å². The van der Waals surface area contributed by atoms with Crippen LogP contribution in [0.5, 0.6) is 5.75 Å². The fraction of sp³-hybridized carbons (Fsp3) is 0.227. The van der Waals surface area contributed by atoms with Crippen molar-refractivity contribution in [1.29, 1.82) is 0 Å². The highest BCUT2D eigenvalue weighted by atomic mass is 79.9. The van der Waals surface area contributed by atoms with Gasteiger partial charge in [0, 0.05) is 10.9 Å². The highest BCUT2D eigenvalue weighted by Gasteiger charge is 2.12. The first kappa shape index (κ1) is 22.5. The van der Waals surface area contributed by atoms with Crippen molar-refractivity contribution >= 4 is 60.6 Å². The smallest absolute Gasteiger partial charge is 0.282 e. The van der Waals surface area contributed by atoms with Gasteiger partial charge in [-0.15, -0.1) is 6.42 Å². The van der Waals surface area contributed by atoms with Gasteiger partial charge in [-0.25, -0.2) is 4.98 Å². The van der Waals surface area contributed by atoms with Gasteiger partial charge in [-0.2, -0.15) is 9.78 Å². The maximum absolute atomic E-state index is 13.1. The molecule has 154 valence electrons. The van der Waals surface area contributed by atoms with Gasteiger partial charge in [-0.1, -0.05) is 46.8 Å². The van der Waals surface area contributed by atoms with E-state index in [1.54, 1.807) is 24.4 Å². The Bertz CT molecular complexity index is 1190. The summed E-state index contributed by atoms with van der Waals surface area (Å²) in [7, 11) is 0. The number of benzene rings is 2. The van der Waals surface area contributed by atoms with Gasteiger partial charge in [0.25, 0.3) is 5.56 Å². The van der Waals surface area contributed by atoms with Crippen LogP contribution in [-0.2, 0) is 6.42 Å². The van der Waals surface area contributed by atoms with E-state index in [0.29, 0.717) is 44.0 Å². The average molecular weight is 552 g/mol. The standard InChI is InChI=1S/C22H18Br2ClN3O2/c1-3-5-6-20-27-19-8-7-15(23)12-16(19)22(29)28(20)26-13-14-10-17(24)21(18(25)11-14)30-9-4-2/h2,7-8,10-13H,3,5-6,9H2,1H3. The summed E-state index contributed by atoms with van der Waals surface area (Å²) in [6, 6.07) is 8.95. The fourth-order valence-electron chi connectivity index (χ4n) is 2.84. The number of unbranched alkanes of at least 4 members (excludes halogenated alkanes) is 1. The zero-order valence-electron chi connectivity index (χ0n) is 16.2. The number of hydrogen-bond acceptors (Lipinski definition) is 4. The number of fused-ring (bicyclic) bond motifs is 1. The van der Waals surface area contributed by atoms with Gasteiger partial charge in [0.1, 0.15) is 12.4 Å². The first-order valence-corrected chi connectivity index (χ1v) is 11.2. The summed E-state index contributed by atoms with van der Waals surface area (Å²) in [5.41, 5.74) is 1.13. The van der Waals surface area contributed by atoms with Crippen molar-refractivity contribution in [1.82, 2.24) is 9.66 Å². The van der Waals surface area contributed by atoms with E-state index in [4.69, 9.17) is 22.8 Å². The summed E-state index contributed by atoms with van der Waals surface area (Å²) in [4.78, 5) is 17.8. The molecule has 0 aliphatic heterocycles. The number of aromatic nitrogens is 2. The second kappa shape index (κ2) is 10.3. The lowest BCUT2D eigenvalue weighted by atomic mass is 10.2. The molecule has 0 bridgehead atoms. The zero-order valence-corrected chi connectivity index (χ0v) is 20.1. The van der Waals surface area contributed by atoms with Crippen molar-refractivity contribution in [2.45, 2.75) is 26.2 Å². The van der Waals surface area contributed by atoms with Crippen molar-refractivity contribution in [3.05, 3.63) is 66.0 Å². The SMILES string of the molecule is C#CCOc1c(Cl)cc(C=Nn2c(CCCC)nc3ccc(Br)cc3c2=O)cc1Br. The highest BCUT2D eigenvalue weighted by Crippen LogP contribution is 2.34. The third kappa shape index (κ3) is 5.12. The molecule has 0 saturated carbocycles. The van der Waals surface area contributed by atoms with Crippen molar-refractivity contribution in [2.24, 2.45) is 5.10 Å². The normalized spacial score (nSPS) is 11.2. The molecule has 30 heavy (non-hydrogen) atoms. The van der Waals surface area contributed by atoms with E-state index in [0.717, 1.165) is 17.3 Å². The number of hydrogen-bond donors (Lipinski definition) is 0. The topological polar surface area (TPSA) is 56.5 Å². The Labute approximate surface area is 196 Å². The minimum Gasteiger partial charge on any atom is -0.478 e. The number of terminal acetylenes is 1. The van der Waals surface area contributed by atoms with Gasteiger partial charge >= 0.3 is 0 Å². The molecule has 0 saturated heterocycles. The van der Waals surface area contributed by atoms with Crippen LogP contribution in [-0.4, -0.2) is 22.5 Å². The predicted molar refractivity (Wildman–Crippen MR) is 129 cm³/mol. The van der Waals surface area contributed by atoms with Crippen LogP contribution in [0.1, 0.15) is 31.2 Å². The molecule has 2 aromatic carbocycles. The van der Waals surface area contributed by atoms with Crippen LogP contribution >= 0.6 is 43.5 Å². The largest absolute Gasteiger partial charge is 0.478 e. The van der Waals surface area contributed by atoms with Crippen molar-refractivity contribution in [3.8, 4) is 18.1 Å². The molecule has 5 nitrogen and oxygen atoms in total. The third-order valence-corrected chi connectivity index (χ3v) is 5.64. The Kier molecular flexibility index (Phi) is 7.70. The van der Waals surface area contributed by atoms with E-state index < -0.39 is 0 Å². The Balaban J connectivity index is 2.05. The van der Waals surface area contributed by atoms with Crippen molar-refractivity contribution < 1.29 is 4.74 Å². The number of halogens is 3. The lowest BCUT2D eigenvalue weighted by molar-refractivity contribution is 0.368. The van der Waals surface area contributed by atoms with Crippen LogP contribution < -0.4 is 10.3 Å².